The number of hydrogen-bond donors (Lipinski definition) is 2. The molecule has 2 amide bonds. The van der Waals surface area contributed by atoms with Crippen molar-refractivity contribution in [2.45, 2.75) is 57.4 Å². The van der Waals surface area contributed by atoms with Crippen molar-refractivity contribution < 1.29 is 9.59 Å². The maximum Gasteiger partial charge on any atom is 0.240 e. The van der Waals surface area contributed by atoms with Crippen LogP contribution in [-0.4, -0.2) is 41.9 Å². The number of piperidine rings is 1. The Morgan fingerprint density at radius 2 is 1.76 bits per heavy atom. The third-order valence-electron chi connectivity index (χ3n) is 4.81. The van der Waals surface area contributed by atoms with Crippen LogP contribution in [-0.2, 0) is 9.59 Å². The zero-order chi connectivity index (χ0) is 14.6. The van der Waals surface area contributed by atoms with E-state index < -0.39 is 5.54 Å². The Balaban J connectivity index is 0.00000220. The Morgan fingerprint density at radius 1 is 1.19 bits per heavy atom. The molecule has 1 heterocycles. The molecule has 0 aromatic heterocycles. The Kier molecular flexibility index (Phi) is 6.94. The maximum absolute atomic E-state index is 12.2. The second-order valence-electron chi connectivity index (χ2n) is 6.38. The monoisotopic (exact) mass is 317 g/mol. The molecule has 5 nitrogen and oxygen atoms in total. The van der Waals surface area contributed by atoms with Gasteiger partial charge < -0.3 is 16.0 Å². The first-order valence-corrected chi connectivity index (χ1v) is 7.84. The quantitative estimate of drug-likeness (QED) is 0.827. The van der Waals surface area contributed by atoms with Crippen molar-refractivity contribution in [3.63, 3.8) is 0 Å². The first-order valence-electron chi connectivity index (χ1n) is 7.84. The summed E-state index contributed by atoms with van der Waals surface area (Å²) in [6, 6.07) is 0. The molecule has 6 heteroatoms. The lowest BCUT2D eigenvalue weighted by atomic mass is 9.81. The van der Waals surface area contributed by atoms with E-state index in [1.807, 2.05) is 4.90 Å². The number of likely N-dealkylation sites (tertiary alicyclic amines) is 1. The zero-order valence-electron chi connectivity index (χ0n) is 12.9. The molecule has 1 saturated heterocycles. The van der Waals surface area contributed by atoms with Gasteiger partial charge >= 0.3 is 0 Å². The van der Waals surface area contributed by atoms with E-state index in [9.17, 15) is 9.59 Å². The van der Waals surface area contributed by atoms with Gasteiger partial charge in [0.15, 0.2) is 0 Å². The van der Waals surface area contributed by atoms with Gasteiger partial charge in [0.2, 0.25) is 11.8 Å². The van der Waals surface area contributed by atoms with Crippen molar-refractivity contribution in [1.29, 1.82) is 0 Å². The summed E-state index contributed by atoms with van der Waals surface area (Å²) in [6.45, 7) is 3.93. The molecule has 1 saturated carbocycles. The van der Waals surface area contributed by atoms with E-state index >= 15 is 0 Å². The summed E-state index contributed by atoms with van der Waals surface area (Å²) in [5, 5.41) is 3.04. The molecular formula is C15H28ClN3O2. The summed E-state index contributed by atoms with van der Waals surface area (Å²) in [6.07, 6.45) is 6.86. The first-order chi connectivity index (χ1) is 9.51. The fourth-order valence-electron chi connectivity index (χ4n) is 3.27. The van der Waals surface area contributed by atoms with Crippen LogP contribution in [0.15, 0.2) is 0 Å². The Bertz CT molecular complexity index is 362. The number of nitrogens with zero attached hydrogens (tertiary/aromatic N) is 1. The van der Waals surface area contributed by atoms with Gasteiger partial charge in [0.05, 0.1) is 5.54 Å². The molecule has 1 aliphatic heterocycles. The zero-order valence-corrected chi connectivity index (χ0v) is 13.7. The van der Waals surface area contributed by atoms with Crippen LogP contribution in [0.2, 0.25) is 0 Å². The van der Waals surface area contributed by atoms with Gasteiger partial charge in [0.1, 0.15) is 0 Å². The van der Waals surface area contributed by atoms with Crippen molar-refractivity contribution in [2.75, 3.05) is 19.6 Å². The number of hydrogen-bond acceptors (Lipinski definition) is 3. The summed E-state index contributed by atoms with van der Waals surface area (Å²) in [7, 11) is 0. The molecule has 0 aromatic carbocycles. The molecule has 0 atom stereocenters. The molecule has 0 aromatic rings. The minimum absolute atomic E-state index is 0. The maximum atomic E-state index is 12.2. The van der Waals surface area contributed by atoms with Crippen molar-refractivity contribution >= 4 is 24.2 Å². The highest BCUT2D eigenvalue weighted by Gasteiger charge is 2.35. The molecular weight excluding hydrogens is 290 g/mol. The smallest absolute Gasteiger partial charge is 0.240 e. The third kappa shape index (κ3) is 4.85. The number of halogens is 1. The highest BCUT2D eigenvalue weighted by molar-refractivity contribution is 5.86. The second kappa shape index (κ2) is 7.99. The molecule has 122 valence electrons. The molecule has 0 spiro atoms. The van der Waals surface area contributed by atoms with Gasteiger partial charge in [-0.15, -0.1) is 12.4 Å². The third-order valence-corrected chi connectivity index (χ3v) is 4.81. The van der Waals surface area contributed by atoms with Crippen LogP contribution in [0, 0.1) is 5.92 Å². The molecule has 2 rings (SSSR count). The second-order valence-corrected chi connectivity index (χ2v) is 6.38. The van der Waals surface area contributed by atoms with Crippen LogP contribution >= 0.6 is 12.4 Å². The lowest BCUT2D eigenvalue weighted by Gasteiger charge is -2.34. The SMILES string of the molecule is CC(=O)N1CCC(CNC(=O)C2(N)CCCCC2)CC1.Cl. The van der Waals surface area contributed by atoms with Crippen molar-refractivity contribution in [3.8, 4) is 0 Å². The summed E-state index contributed by atoms with van der Waals surface area (Å²) in [5.74, 6) is 0.642. The van der Waals surface area contributed by atoms with E-state index in [4.69, 9.17) is 5.73 Å². The number of amides is 2. The fourth-order valence-corrected chi connectivity index (χ4v) is 3.27. The number of carbonyl (C=O) groups is 2. The summed E-state index contributed by atoms with van der Waals surface area (Å²) in [4.78, 5) is 25.4. The van der Waals surface area contributed by atoms with Gasteiger partial charge in [-0.2, -0.15) is 0 Å². The number of nitrogens with two attached hydrogens (primary N) is 1. The van der Waals surface area contributed by atoms with Gasteiger partial charge in [0, 0.05) is 26.6 Å². The highest BCUT2D eigenvalue weighted by atomic mass is 35.5. The fraction of sp³-hybridized carbons (Fsp3) is 0.867. The van der Waals surface area contributed by atoms with E-state index in [-0.39, 0.29) is 24.2 Å². The van der Waals surface area contributed by atoms with E-state index in [2.05, 4.69) is 5.32 Å². The van der Waals surface area contributed by atoms with Gasteiger partial charge in [-0.25, -0.2) is 0 Å². The van der Waals surface area contributed by atoms with Crippen LogP contribution in [0.4, 0.5) is 0 Å². The number of carbonyl (C=O) groups excluding carboxylic acids is 2. The van der Waals surface area contributed by atoms with Gasteiger partial charge in [-0.05, 0) is 31.6 Å². The highest BCUT2D eigenvalue weighted by Crippen LogP contribution is 2.26. The van der Waals surface area contributed by atoms with Gasteiger partial charge in [-0.1, -0.05) is 19.3 Å². The number of rotatable bonds is 3. The van der Waals surface area contributed by atoms with Crippen LogP contribution in [0.25, 0.3) is 0 Å². The van der Waals surface area contributed by atoms with Crippen molar-refractivity contribution in [2.24, 2.45) is 11.7 Å². The van der Waals surface area contributed by atoms with Crippen LogP contribution in [0.5, 0.6) is 0 Å². The average Bonchev–Trinajstić information content (AvgIpc) is 2.46. The molecule has 0 bridgehead atoms. The largest absolute Gasteiger partial charge is 0.354 e. The Labute approximate surface area is 133 Å². The van der Waals surface area contributed by atoms with Gasteiger partial charge in [-0.3, -0.25) is 9.59 Å². The summed E-state index contributed by atoms with van der Waals surface area (Å²) >= 11 is 0. The minimum atomic E-state index is -0.641. The Hall–Kier alpha value is -0.810. The molecule has 0 radical (unpaired) electrons. The normalized spacial score (nSPS) is 22.3. The lowest BCUT2D eigenvalue weighted by Crippen LogP contribution is -2.56. The summed E-state index contributed by atoms with van der Waals surface area (Å²) in [5.41, 5.74) is 5.57. The standard InChI is InChI=1S/C15H27N3O2.ClH/c1-12(19)18-9-5-13(6-10-18)11-17-14(20)15(16)7-3-2-4-8-15;/h13H,2-11,16H2,1H3,(H,17,20);1H. The van der Waals surface area contributed by atoms with Crippen molar-refractivity contribution in [3.05, 3.63) is 0 Å². The predicted octanol–water partition coefficient (Wildman–Crippen LogP) is 1.44. The van der Waals surface area contributed by atoms with Gasteiger partial charge in [0.25, 0.3) is 0 Å². The Morgan fingerprint density at radius 3 is 2.29 bits per heavy atom. The predicted molar refractivity (Wildman–Crippen MR) is 85.2 cm³/mol. The van der Waals surface area contributed by atoms with Crippen LogP contribution < -0.4 is 11.1 Å². The molecule has 1 aliphatic carbocycles. The topological polar surface area (TPSA) is 75.4 Å². The lowest BCUT2D eigenvalue weighted by molar-refractivity contribution is -0.131. The van der Waals surface area contributed by atoms with E-state index in [1.165, 1.54) is 6.42 Å². The molecule has 2 aliphatic rings. The number of nitrogens with one attached hydrogen (secondary N) is 1. The first kappa shape index (κ1) is 18.2. The molecule has 0 unspecified atom stereocenters. The van der Waals surface area contributed by atoms with Crippen LogP contribution in [0.3, 0.4) is 0 Å². The molecule has 2 fully saturated rings. The molecule has 3 N–H and O–H groups in total. The van der Waals surface area contributed by atoms with Crippen LogP contribution in [0.1, 0.15) is 51.9 Å². The van der Waals surface area contributed by atoms with E-state index in [0.717, 1.165) is 51.6 Å². The minimum Gasteiger partial charge on any atom is -0.354 e. The molecule has 21 heavy (non-hydrogen) atoms. The van der Waals surface area contributed by atoms with E-state index in [1.54, 1.807) is 6.92 Å². The van der Waals surface area contributed by atoms with Crippen molar-refractivity contribution in [1.82, 2.24) is 10.2 Å². The average molecular weight is 318 g/mol. The van der Waals surface area contributed by atoms with E-state index in [0.29, 0.717) is 12.5 Å². The summed E-state index contributed by atoms with van der Waals surface area (Å²) < 4.78 is 0.